The summed E-state index contributed by atoms with van der Waals surface area (Å²) in [5.74, 6) is -0.0212. The quantitative estimate of drug-likeness (QED) is 0.839. The molecule has 0 saturated carbocycles. The second kappa shape index (κ2) is 7.07. The summed E-state index contributed by atoms with van der Waals surface area (Å²) in [6, 6.07) is 2.03. The molecule has 5 heteroatoms. The van der Waals surface area contributed by atoms with Gasteiger partial charge in [0.15, 0.2) is 0 Å². The van der Waals surface area contributed by atoms with E-state index in [1.54, 1.807) is 23.3 Å². The molecule has 0 radical (unpaired) electrons. The lowest BCUT2D eigenvalue weighted by atomic mass is 9.99. The van der Waals surface area contributed by atoms with Crippen LogP contribution in [0.3, 0.4) is 0 Å². The number of carbonyl (C=O) groups excluding carboxylic acids is 2. The molecule has 2 amide bonds. The van der Waals surface area contributed by atoms with E-state index in [0.717, 1.165) is 17.7 Å². The molecule has 0 saturated heterocycles. The summed E-state index contributed by atoms with van der Waals surface area (Å²) in [5.41, 5.74) is 1.33. The summed E-state index contributed by atoms with van der Waals surface area (Å²) in [6.07, 6.45) is 4.61. The molecule has 0 N–H and O–H groups in total. The normalized spacial score (nSPS) is 13.7. The van der Waals surface area contributed by atoms with Gasteiger partial charge in [-0.2, -0.15) is 0 Å². The van der Waals surface area contributed by atoms with E-state index < -0.39 is 0 Å². The van der Waals surface area contributed by atoms with Crippen LogP contribution in [0.1, 0.15) is 46.8 Å². The van der Waals surface area contributed by atoms with Gasteiger partial charge in [-0.25, -0.2) is 0 Å². The fourth-order valence-corrected chi connectivity index (χ4v) is 3.98. The summed E-state index contributed by atoms with van der Waals surface area (Å²) in [7, 11) is 1.71. The Morgan fingerprint density at radius 2 is 1.86 bits per heavy atom. The first-order valence-electron chi connectivity index (χ1n) is 7.71. The number of hydrogen-bond donors (Lipinski definition) is 0. The summed E-state index contributed by atoms with van der Waals surface area (Å²) in [6.45, 7) is 5.44. The van der Waals surface area contributed by atoms with Crippen molar-refractivity contribution in [3.05, 3.63) is 21.4 Å². The summed E-state index contributed by atoms with van der Waals surface area (Å²) < 4.78 is 0. The number of fused-ring (bicyclic) bond motifs is 1. The molecule has 0 atom stereocenters. The molecule has 0 aliphatic heterocycles. The van der Waals surface area contributed by atoms with Crippen molar-refractivity contribution in [2.75, 3.05) is 26.7 Å². The topological polar surface area (TPSA) is 40.6 Å². The van der Waals surface area contributed by atoms with Gasteiger partial charge in [0.05, 0.1) is 11.4 Å². The number of carbonyl (C=O) groups is 2. The van der Waals surface area contributed by atoms with Crippen molar-refractivity contribution in [2.24, 2.45) is 0 Å². The highest BCUT2D eigenvalue weighted by atomic mass is 32.1. The Labute approximate surface area is 130 Å². The molecular formula is C16H24N2O2S. The van der Waals surface area contributed by atoms with Crippen LogP contribution in [0.15, 0.2) is 6.07 Å². The Balaban J connectivity index is 2.02. The van der Waals surface area contributed by atoms with Gasteiger partial charge in [0, 0.05) is 25.0 Å². The Hall–Kier alpha value is -1.36. The third-order valence-corrected chi connectivity index (χ3v) is 5.27. The SMILES string of the molecule is CCN(CC)C(=O)CN(C)C(=O)c1cc2c(s1)CCCC2. The van der Waals surface area contributed by atoms with Crippen LogP contribution in [0.25, 0.3) is 0 Å². The smallest absolute Gasteiger partial charge is 0.264 e. The number of thiophene rings is 1. The Bertz CT molecular complexity index is 497. The van der Waals surface area contributed by atoms with Gasteiger partial charge in [-0.05, 0) is 51.2 Å². The molecular weight excluding hydrogens is 284 g/mol. The fourth-order valence-electron chi connectivity index (χ4n) is 2.74. The largest absolute Gasteiger partial charge is 0.342 e. The van der Waals surface area contributed by atoms with Gasteiger partial charge >= 0.3 is 0 Å². The second-order valence-corrected chi connectivity index (χ2v) is 6.63. The van der Waals surface area contributed by atoms with Crippen LogP contribution in [-0.4, -0.2) is 48.3 Å². The van der Waals surface area contributed by atoms with E-state index in [1.165, 1.54) is 28.2 Å². The third kappa shape index (κ3) is 3.64. The van der Waals surface area contributed by atoms with Crippen molar-refractivity contribution in [1.82, 2.24) is 9.80 Å². The molecule has 1 heterocycles. The van der Waals surface area contributed by atoms with Crippen LogP contribution in [0, 0.1) is 0 Å². The predicted molar refractivity (Wildman–Crippen MR) is 85.8 cm³/mol. The van der Waals surface area contributed by atoms with Crippen LogP contribution in [0.5, 0.6) is 0 Å². The molecule has 0 bridgehead atoms. The summed E-state index contributed by atoms with van der Waals surface area (Å²) in [5, 5.41) is 0. The summed E-state index contributed by atoms with van der Waals surface area (Å²) >= 11 is 1.60. The van der Waals surface area contributed by atoms with E-state index >= 15 is 0 Å². The molecule has 0 aromatic carbocycles. The average molecular weight is 308 g/mol. The molecule has 2 rings (SSSR count). The number of hydrogen-bond acceptors (Lipinski definition) is 3. The van der Waals surface area contributed by atoms with E-state index in [-0.39, 0.29) is 18.4 Å². The second-order valence-electron chi connectivity index (χ2n) is 5.49. The number of rotatable bonds is 5. The molecule has 21 heavy (non-hydrogen) atoms. The molecule has 1 aliphatic carbocycles. The van der Waals surface area contributed by atoms with Crippen molar-refractivity contribution in [3.8, 4) is 0 Å². The van der Waals surface area contributed by atoms with Gasteiger partial charge in [0.1, 0.15) is 0 Å². The maximum Gasteiger partial charge on any atom is 0.264 e. The molecule has 0 spiro atoms. The van der Waals surface area contributed by atoms with Gasteiger partial charge in [-0.1, -0.05) is 0 Å². The Kier molecular flexibility index (Phi) is 5.39. The number of aryl methyl sites for hydroxylation is 2. The van der Waals surface area contributed by atoms with Crippen LogP contribution < -0.4 is 0 Å². The highest BCUT2D eigenvalue weighted by Crippen LogP contribution is 2.30. The van der Waals surface area contributed by atoms with E-state index in [2.05, 4.69) is 0 Å². The minimum atomic E-state index is -0.0325. The molecule has 0 fully saturated rings. The molecule has 1 aliphatic rings. The van der Waals surface area contributed by atoms with Crippen LogP contribution in [0.2, 0.25) is 0 Å². The highest BCUT2D eigenvalue weighted by Gasteiger charge is 2.22. The molecule has 116 valence electrons. The molecule has 1 aromatic heterocycles. The predicted octanol–water partition coefficient (Wildman–Crippen LogP) is 2.57. The standard InChI is InChI=1S/C16H24N2O2S/c1-4-18(5-2)15(19)11-17(3)16(20)14-10-12-8-6-7-9-13(12)21-14/h10H,4-9,11H2,1-3H3. The minimum Gasteiger partial charge on any atom is -0.342 e. The van der Waals surface area contributed by atoms with E-state index in [0.29, 0.717) is 13.1 Å². The lowest BCUT2D eigenvalue weighted by Gasteiger charge is -2.22. The highest BCUT2D eigenvalue weighted by molar-refractivity contribution is 7.14. The lowest BCUT2D eigenvalue weighted by Crippen LogP contribution is -2.40. The third-order valence-electron chi connectivity index (χ3n) is 4.04. The maximum atomic E-state index is 12.5. The maximum absolute atomic E-state index is 12.5. The van der Waals surface area contributed by atoms with Crippen LogP contribution in [0.4, 0.5) is 0 Å². The Morgan fingerprint density at radius 3 is 2.48 bits per heavy atom. The monoisotopic (exact) mass is 308 g/mol. The zero-order valence-electron chi connectivity index (χ0n) is 13.1. The zero-order chi connectivity index (χ0) is 15.4. The fraction of sp³-hybridized carbons (Fsp3) is 0.625. The Morgan fingerprint density at radius 1 is 1.19 bits per heavy atom. The number of nitrogens with zero attached hydrogens (tertiary/aromatic N) is 2. The van der Waals surface area contributed by atoms with Gasteiger partial charge in [0.2, 0.25) is 5.91 Å². The van der Waals surface area contributed by atoms with Crippen molar-refractivity contribution < 1.29 is 9.59 Å². The van der Waals surface area contributed by atoms with Gasteiger partial charge in [-0.15, -0.1) is 11.3 Å². The van der Waals surface area contributed by atoms with Crippen LogP contribution in [-0.2, 0) is 17.6 Å². The van der Waals surface area contributed by atoms with E-state index in [1.807, 2.05) is 19.9 Å². The first-order valence-corrected chi connectivity index (χ1v) is 8.53. The van der Waals surface area contributed by atoms with Crippen molar-refractivity contribution in [1.29, 1.82) is 0 Å². The number of amides is 2. The van der Waals surface area contributed by atoms with E-state index in [4.69, 9.17) is 0 Å². The van der Waals surface area contributed by atoms with Crippen LogP contribution >= 0.6 is 11.3 Å². The van der Waals surface area contributed by atoms with E-state index in [9.17, 15) is 9.59 Å². The van der Waals surface area contributed by atoms with Gasteiger partial charge < -0.3 is 9.80 Å². The van der Waals surface area contributed by atoms with Gasteiger partial charge in [-0.3, -0.25) is 9.59 Å². The van der Waals surface area contributed by atoms with Crippen molar-refractivity contribution in [2.45, 2.75) is 39.5 Å². The average Bonchev–Trinajstić information content (AvgIpc) is 2.91. The molecule has 4 nitrogen and oxygen atoms in total. The summed E-state index contributed by atoms with van der Waals surface area (Å²) in [4.78, 5) is 30.0. The molecule has 1 aromatic rings. The first-order chi connectivity index (χ1) is 10.1. The van der Waals surface area contributed by atoms with Gasteiger partial charge in [0.25, 0.3) is 5.91 Å². The van der Waals surface area contributed by atoms with Crippen molar-refractivity contribution in [3.63, 3.8) is 0 Å². The zero-order valence-corrected chi connectivity index (χ0v) is 14.0. The minimum absolute atomic E-state index is 0.0113. The lowest BCUT2D eigenvalue weighted by molar-refractivity contribution is -0.131. The first kappa shape index (κ1) is 16.0. The van der Waals surface area contributed by atoms with Crippen molar-refractivity contribution >= 4 is 23.2 Å². The number of likely N-dealkylation sites (N-methyl/N-ethyl adjacent to an activating group) is 2. The molecule has 0 unspecified atom stereocenters.